The van der Waals surface area contributed by atoms with Gasteiger partial charge >= 0.3 is 0 Å². The molecule has 3 aromatic rings. The molecule has 0 radical (unpaired) electrons. The van der Waals surface area contributed by atoms with Gasteiger partial charge < -0.3 is 15.2 Å². The SMILES string of the molecule is COc1ccc(-c2cc(CCN)nn2-c2ccccc2OC)cc1. The quantitative estimate of drug-likeness (QED) is 0.757. The van der Waals surface area contributed by atoms with Gasteiger partial charge in [0, 0.05) is 12.0 Å². The third-order valence-corrected chi connectivity index (χ3v) is 3.86. The van der Waals surface area contributed by atoms with Gasteiger partial charge in [-0.2, -0.15) is 5.10 Å². The molecule has 0 saturated carbocycles. The molecule has 0 aliphatic heterocycles. The molecule has 24 heavy (non-hydrogen) atoms. The van der Waals surface area contributed by atoms with Gasteiger partial charge in [0.2, 0.25) is 0 Å². The van der Waals surface area contributed by atoms with Crippen molar-refractivity contribution < 1.29 is 9.47 Å². The zero-order chi connectivity index (χ0) is 16.9. The molecule has 0 saturated heterocycles. The molecule has 2 aromatic carbocycles. The average molecular weight is 323 g/mol. The largest absolute Gasteiger partial charge is 0.497 e. The molecular formula is C19H21N3O2. The standard InChI is InChI=1S/C19H21N3O2/c1-23-16-9-7-14(8-10-16)18-13-15(11-12-20)21-22(18)17-5-3-4-6-19(17)24-2/h3-10,13H,11-12,20H2,1-2H3. The molecule has 124 valence electrons. The van der Waals surface area contributed by atoms with E-state index in [1.807, 2.05) is 53.2 Å². The molecule has 0 spiro atoms. The zero-order valence-electron chi connectivity index (χ0n) is 13.9. The van der Waals surface area contributed by atoms with Crippen LogP contribution in [0.25, 0.3) is 16.9 Å². The Morgan fingerprint density at radius 2 is 1.75 bits per heavy atom. The number of hydrogen-bond acceptors (Lipinski definition) is 4. The summed E-state index contributed by atoms with van der Waals surface area (Å²) in [7, 11) is 3.32. The Bertz CT molecular complexity index is 810. The Labute approximate surface area is 141 Å². The van der Waals surface area contributed by atoms with Gasteiger partial charge in [0.25, 0.3) is 0 Å². The number of methoxy groups -OCH3 is 2. The van der Waals surface area contributed by atoms with Crippen LogP contribution in [0, 0.1) is 0 Å². The second-order valence-corrected chi connectivity index (χ2v) is 5.37. The van der Waals surface area contributed by atoms with Gasteiger partial charge in [0.05, 0.1) is 25.6 Å². The van der Waals surface area contributed by atoms with E-state index in [9.17, 15) is 0 Å². The summed E-state index contributed by atoms with van der Waals surface area (Å²) in [6.45, 7) is 0.561. The summed E-state index contributed by atoms with van der Waals surface area (Å²) in [6.07, 6.45) is 0.727. The normalized spacial score (nSPS) is 10.6. The molecule has 5 nitrogen and oxygen atoms in total. The number of ether oxygens (including phenoxy) is 2. The summed E-state index contributed by atoms with van der Waals surface area (Å²) in [6, 6.07) is 17.8. The topological polar surface area (TPSA) is 62.3 Å². The van der Waals surface area contributed by atoms with Crippen LogP contribution >= 0.6 is 0 Å². The van der Waals surface area contributed by atoms with Crippen LogP contribution in [-0.2, 0) is 6.42 Å². The van der Waals surface area contributed by atoms with Crippen molar-refractivity contribution in [3.63, 3.8) is 0 Å². The first-order valence-corrected chi connectivity index (χ1v) is 7.83. The van der Waals surface area contributed by atoms with Crippen molar-refractivity contribution >= 4 is 0 Å². The van der Waals surface area contributed by atoms with Crippen molar-refractivity contribution in [1.29, 1.82) is 0 Å². The molecule has 1 aromatic heterocycles. The van der Waals surface area contributed by atoms with Crippen LogP contribution in [0.2, 0.25) is 0 Å². The van der Waals surface area contributed by atoms with Gasteiger partial charge in [-0.25, -0.2) is 4.68 Å². The maximum Gasteiger partial charge on any atom is 0.144 e. The fourth-order valence-electron chi connectivity index (χ4n) is 2.66. The minimum Gasteiger partial charge on any atom is -0.497 e. The molecule has 2 N–H and O–H groups in total. The minimum atomic E-state index is 0.561. The summed E-state index contributed by atoms with van der Waals surface area (Å²) in [5.41, 5.74) is 9.60. The van der Waals surface area contributed by atoms with Crippen molar-refractivity contribution in [3.8, 4) is 28.4 Å². The first-order valence-electron chi connectivity index (χ1n) is 7.83. The van der Waals surface area contributed by atoms with Crippen LogP contribution in [-0.4, -0.2) is 30.5 Å². The van der Waals surface area contributed by atoms with Crippen LogP contribution in [0.5, 0.6) is 11.5 Å². The fraction of sp³-hybridized carbons (Fsp3) is 0.211. The van der Waals surface area contributed by atoms with Crippen LogP contribution in [0.4, 0.5) is 0 Å². The summed E-state index contributed by atoms with van der Waals surface area (Å²) >= 11 is 0. The molecule has 0 unspecified atom stereocenters. The maximum absolute atomic E-state index is 5.70. The van der Waals surface area contributed by atoms with Gasteiger partial charge in [0.15, 0.2) is 0 Å². The van der Waals surface area contributed by atoms with Gasteiger partial charge in [-0.1, -0.05) is 12.1 Å². The van der Waals surface area contributed by atoms with E-state index in [-0.39, 0.29) is 0 Å². The van der Waals surface area contributed by atoms with Gasteiger partial charge in [-0.15, -0.1) is 0 Å². The van der Waals surface area contributed by atoms with E-state index in [1.54, 1.807) is 14.2 Å². The van der Waals surface area contributed by atoms with Crippen LogP contribution < -0.4 is 15.2 Å². The van der Waals surface area contributed by atoms with Crippen molar-refractivity contribution in [2.24, 2.45) is 5.73 Å². The zero-order valence-corrected chi connectivity index (χ0v) is 13.9. The lowest BCUT2D eigenvalue weighted by Gasteiger charge is -2.12. The maximum atomic E-state index is 5.70. The molecule has 0 atom stereocenters. The number of nitrogens with two attached hydrogens (primary N) is 1. The molecule has 0 aliphatic rings. The summed E-state index contributed by atoms with van der Waals surface area (Å²) in [4.78, 5) is 0. The van der Waals surface area contributed by atoms with E-state index in [1.165, 1.54) is 0 Å². The lowest BCUT2D eigenvalue weighted by atomic mass is 10.1. The van der Waals surface area contributed by atoms with E-state index < -0.39 is 0 Å². The van der Waals surface area contributed by atoms with Crippen molar-refractivity contribution in [2.45, 2.75) is 6.42 Å². The van der Waals surface area contributed by atoms with Crippen molar-refractivity contribution in [1.82, 2.24) is 9.78 Å². The van der Waals surface area contributed by atoms with Crippen LogP contribution in [0.3, 0.4) is 0 Å². The average Bonchev–Trinajstić information content (AvgIpc) is 3.06. The first-order chi connectivity index (χ1) is 11.8. The Morgan fingerprint density at radius 1 is 1.00 bits per heavy atom. The van der Waals surface area contributed by atoms with Gasteiger partial charge in [-0.05, 0) is 49.0 Å². The Morgan fingerprint density at radius 3 is 2.42 bits per heavy atom. The number of aromatic nitrogens is 2. The monoisotopic (exact) mass is 323 g/mol. The highest BCUT2D eigenvalue weighted by molar-refractivity contribution is 5.65. The van der Waals surface area contributed by atoms with E-state index >= 15 is 0 Å². The van der Waals surface area contributed by atoms with E-state index in [0.717, 1.165) is 40.6 Å². The Hall–Kier alpha value is -2.79. The number of benzene rings is 2. The summed E-state index contributed by atoms with van der Waals surface area (Å²) < 4.78 is 12.6. The molecule has 1 heterocycles. The molecule has 0 aliphatic carbocycles. The lowest BCUT2D eigenvalue weighted by Crippen LogP contribution is -2.05. The van der Waals surface area contributed by atoms with Crippen molar-refractivity contribution in [2.75, 3.05) is 20.8 Å². The molecule has 0 fully saturated rings. The number of hydrogen-bond donors (Lipinski definition) is 1. The highest BCUT2D eigenvalue weighted by Gasteiger charge is 2.14. The highest BCUT2D eigenvalue weighted by Crippen LogP contribution is 2.30. The van der Waals surface area contributed by atoms with Gasteiger partial charge in [-0.3, -0.25) is 0 Å². The van der Waals surface area contributed by atoms with Gasteiger partial charge in [0.1, 0.15) is 17.2 Å². The summed E-state index contributed by atoms with van der Waals surface area (Å²) in [5.74, 6) is 1.60. The second kappa shape index (κ2) is 7.19. The Kier molecular flexibility index (Phi) is 4.82. The summed E-state index contributed by atoms with van der Waals surface area (Å²) in [5, 5.41) is 4.72. The van der Waals surface area contributed by atoms with E-state index in [4.69, 9.17) is 20.3 Å². The lowest BCUT2D eigenvalue weighted by molar-refractivity contribution is 0.411. The fourth-order valence-corrected chi connectivity index (χ4v) is 2.66. The minimum absolute atomic E-state index is 0.561. The predicted octanol–water partition coefficient (Wildman–Crippen LogP) is 3.06. The van der Waals surface area contributed by atoms with E-state index in [0.29, 0.717) is 6.54 Å². The molecule has 5 heteroatoms. The number of nitrogens with zero attached hydrogens (tertiary/aromatic N) is 2. The molecular weight excluding hydrogens is 302 g/mol. The number of rotatable bonds is 6. The highest BCUT2D eigenvalue weighted by atomic mass is 16.5. The third-order valence-electron chi connectivity index (χ3n) is 3.86. The molecule has 0 amide bonds. The third kappa shape index (κ3) is 3.12. The van der Waals surface area contributed by atoms with Crippen molar-refractivity contribution in [3.05, 3.63) is 60.3 Å². The first kappa shape index (κ1) is 16.1. The van der Waals surface area contributed by atoms with Crippen LogP contribution in [0.15, 0.2) is 54.6 Å². The predicted molar refractivity (Wildman–Crippen MR) is 94.9 cm³/mol. The molecule has 0 bridgehead atoms. The Balaban J connectivity index is 2.13. The second-order valence-electron chi connectivity index (χ2n) is 5.37. The van der Waals surface area contributed by atoms with Crippen LogP contribution in [0.1, 0.15) is 5.69 Å². The molecule has 3 rings (SSSR count). The van der Waals surface area contributed by atoms with E-state index in [2.05, 4.69) is 6.07 Å². The smallest absolute Gasteiger partial charge is 0.144 e. The number of para-hydroxylation sites is 2.